The zero-order valence-corrected chi connectivity index (χ0v) is 10.4. The van der Waals surface area contributed by atoms with Gasteiger partial charge in [0.25, 0.3) is 0 Å². The van der Waals surface area contributed by atoms with E-state index in [2.05, 4.69) is 36.2 Å². The third-order valence-corrected chi connectivity index (χ3v) is 4.10. The monoisotopic (exact) mass is 224 g/mol. The maximum absolute atomic E-state index is 3.44. The third-order valence-electron chi connectivity index (χ3n) is 3.11. The van der Waals surface area contributed by atoms with Crippen molar-refractivity contribution in [1.82, 2.24) is 10.2 Å². The summed E-state index contributed by atoms with van der Waals surface area (Å²) in [5.41, 5.74) is 0. The molecule has 84 valence electrons. The number of thiophene rings is 1. The molecule has 2 nitrogen and oxygen atoms in total. The highest BCUT2D eigenvalue weighted by atomic mass is 32.1. The Bertz CT molecular complexity index is 302. The third kappa shape index (κ3) is 2.80. The van der Waals surface area contributed by atoms with E-state index in [1.807, 2.05) is 11.3 Å². The van der Waals surface area contributed by atoms with Gasteiger partial charge in [-0.3, -0.25) is 4.90 Å². The van der Waals surface area contributed by atoms with Crippen LogP contribution in [0, 0.1) is 6.92 Å². The predicted octanol–water partition coefficient (Wildman–Crippen LogP) is 2.24. The standard InChI is InChI=1S/C12H20N2S/c1-3-14(11-6-7-13-8-11)9-12-5-4-10(2)15-12/h4-5,11,13H,3,6-9H2,1-2H3. The van der Waals surface area contributed by atoms with Crippen LogP contribution in [0.5, 0.6) is 0 Å². The van der Waals surface area contributed by atoms with Crippen LogP contribution < -0.4 is 5.32 Å². The van der Waals surface area contributed by atoms with Crippen LogP contribution in [0.25, 0.3) is 0 Å². The average molecular weight is 224 g/mol. The van der Waals surface area contributed by atoms with Gasteiger partial charge in [0.15, 0.2) is 0 Å². The molecule has 0 radical (unpaired) electrons. The molecule has 2 rings (SSSR count). The largest absolute Gasteiger partial charge is 0.315 e. The summed E-state index contributed by atoms with van der Waals surface area (Å²) in [5.74, 6) is 0. The lowest BCUT2D eigenvalue weighted by atomic mass is 10.2. The Balaban J connectivity index is 1.95. The number of aryl methyl sites for hydroxylation is 1. The summed E-state index contributed by atoms with van der Waals surface area (Å²) < 4.78 is 0. The lowest BCUT2D eigenvalue weighted by molar-refractivity contribution is 0.212. The quantitative estimate of drug-likeness (QED) is 0.844. The van der Waals surface area contributed by atoms with E-state index in [1.54, 1.807) is 0 Å². The first kappa shape index (κ1) is 11.1. The Kier molecular flexibility index (Phi) is 3.78. The molecule has 15 heavy (non-hydrogen) atoms. The second kappa shape index (κ2) is 5.10. The molecule has 3 heteroatoms. The molecule has 1 unspecified atom stereocenters. The fourth-order valence-corrected chi connectivity index (χ4v) is 3.14. The lowest BCUT2D eigenvalue weighted by Crippen LogP contribution is -2.35. The first-order valence-corrected chi connectivity index (χ1v) is 6.61. The summed E-state index contributed by atoms with van der Waals surface area (Å²) >= 11 is 1.93. The summed E-state index contributed by atoms with van der Waals surface area (Å²) in [6, 6.07) is 5.24. The van der Waals surface area contributed by atoms with Crippen LogP contribution >= 0.6 is 11.3 Å². The fraction of sp³-hybridized carbons (Fsp3) is 0.667. The van der Waals surface area contributed by atoms with Gasteiger partial charge in [0.05, 0.1) is 0 Å². The number of likely N-dealkylation sites (N-methyl/N-ethyl adjacent to an activating group) is 1. The molecular formula is C12H20N2S. The summed E-state index contributed by atoms with van der Waals surface area (Å²) in [6.07, 6.45) is 1.30. The van der Waals surface area contributed by atoms with E-state index in [0.717, 1.165) is 25.7 Å². The zero-order chi connectivity index (χ0) is 10.7. The van der Waals surface area contributed by atoms with Crippen molar-refractivity contribution < 1.29 is 0 Å². The van der Waals surface area contributed by atoms with Crippen molar-refractivity contribution in [2.45, 2.75) is 32.9 Å². The first-order valence-electron chi connectivity index (χ1n) is 5.79. The van der Waals surface area contributed by atoms with Crippen LogP contribution in [-0.2, 0) is 6.54 Å². The highest BCUT2D eigenvalue weighted by Gasteiger charge is 2.21. The fourth-order valence-electron chi connectivity index (χ4n) is 2.22. The Hall–Kier alpha value is -0.380. The van der Waals surface area contributed by atoms with Crippen LogP contribution in [0.15, 0.2) is 12.1 Å². The molecule has 2 heterocycles. The molecule has 1 aliphatic heterocycles. The highest BCUT2D eigenvalue weighted by Crippen LogP contribution is 2.19. The molecule has 0 aromatic carbocycles. The van der Waals surface area contributed by atoms with Crippen LogP contribution in [0.1, 0.15) is 23.1 Å². The molecule has 1 saturated heterocycles. The average Bonchev–Trinajstić information content (AvgIpc) is 2.85. The Labute approximate surface area is 96.3 Å². The van der Waals surface area contributed by atoms with Crippen molar-refractivity contribution in [2.75, 3.05) is 19.6 Å². The molecule has 1 atom stereocenters. The van der Waals surface area contributed by atoms with E-state index in [0.29, 0.717) is 0 Å². The van der Waals surface area contributed by atoms with Crippen LogP contribution in [0.2, 0.25) is 0 Å². The number of hydrogen-bond acceptors (Lipinski definition) is 3. The van der Waals surface area contributed by atoms with Crippen molar-refractivity contribution >= 4 is 11.3 Å². The number of hydrogen-bond donors (Lipinski definition) is 1. The van der Waals surface area contributed by atoms with Gasteiger partial charge in [-0.2, -0.15) is 0 Å². The molecule has 1 N–H and O–H groups in total. The van der Waals surface area contributed by atoms with Gasteiger partial charge >= 0.3 is 0 Å². The summed E-state index contributed by atoms with van der Waals surface area (Å²) in [6.45, 7) is 9.08. The van der Waals surface area contributed by atoms with E-state index >= 15 is 0 Å². The normalized spacial score (nSPS) is 21.4. The summed E-state index contributed by atoms with van der Waals surface area (Å²) in [4.78, 5) is 5.51. The maximum atomic E-state index is 3.44. The van der Waals surface area contributed by atoms with Gasteiger partial charge in [-0.15, -0.1) is 11.3 Å². The second-order valence-electron chi connectivity index (χ2n) is 4.22. The second-order valence-corrected chi connectivity index (χ2v) is 5.59. The van der Waals surface area contributed by atoms with E-state index in [1.165, 1.54) is 22.7 Å². The highest BCUT2D eigenvalue weighted by molar-refractivity contribution is 7.11. The van der Waals surface area contributed by atoms with Gasteiger partial charge in [-0.05, 0) is 38.6 Å². The number of nitrogens with zero attached hydrogens (tertiary/aromatic N) is 1. The molecular weight excluding hydrogens is 204 g/mol. The molecule has 1 fully saturated rings. The number of nitrogens with one attached hydrogen (secondary N) is 1. The number of rotatable bonds is 4. The molecule has 1 aromatic heterocycles. The summed E-state index contributed by atoms with van der Waals surface area (Å²) in [7, 11) is 0. The Morgan fingerprint density at radius 1 is 1.53 bits per heavy atom. The van der Waals surface area contributed by atoms with Gasteiger partial charge in [0, 0.05) is 28.9 Å². The topological polar surface area (TPSA) is 15.3 Å². The van der Waals surface area contributed by atoms with Crippen molar-refractivity contribution in [3.8, 4) is 0 Å². The molecule has 0 aliphatic carbocycles. The predicted molar refractivity (Wildman–Crippen MR) is 66.4 cm³/mol. The zero-order valence-electron chi connectivity index (χ0n) is 9.62. The first-order chi connectivity index (χ1) is 7.29. The van der Waals surface area contributed by atoms with Crippen molar-refractivity contribution in [1.29, 1.82) is 0 Å². The minimum Gasteiger partial charge on any atom is -0.315 e. The van der Waals surface area contributed by atoms with Crippen LogP contribution in [0.3, 0.4) is 0 Å². The lowest BCUT2D eigenvalue weighted by Gasteiger charge is -2.26. The van der Waals surface area contributed by atoms with E-state index in [4.69, 9.17) is 0 Å². The van der Waals surface area contributed by atoms with Crippen molar-refractivity contribution in [2.24, 2.45) is 0 Å². The minimum absolute atomic E-state index is 0.748. The van der Waals surface area contributed by atoms with E-state index < -0.39 is 0 Å². The summed E-state index contributed by atoms with van der Waals surface area (Å²) in [5, 5.41) is 3.44. The maximum Gasteiger partial charge on any atom is 0.0331 e. The smallest absolute Gasteiger partial charge is 0.0331 e. The van der Waals surface area contributed by atoms with Crippen molar-refractivity contribution in [3.63, 3.8) is 0 Å². The molecule has 1 aliphatic rings. The van der Waals surface area contributed by atoms with E-state index in [-0.39, 0.29) is 0 Å². The molecule has 1 aromatic rings. The Morgan fingerprint density at radius 3 is 2.93 bits per heavy atom. The van der Waals surface area contributed by atoms with E-state index in [9.17, 15) is 0 Å². The molecule has 0 amide bonds. The van der Waals surface area contributed by atoms with Gasteiger partial charge < -0.3 is 5.32 Å². The SMILES string of the molecule is CCN(Cc1ccc(C)s1)C1CCNC1. The van der Waals surface area contributed by atoms with Crippen LogP contribution in [0.4, 0.5) is 0 Å². The Morgan fingerprint density at radius 2 is 2.40 bits per heavy atom. The molecule has 0 spiro atoms. The van der Waals surface area contributed by atoms with Crippen LogP contribution in [-0.4, -0.2) is 30.6 Å². The molecule has 0 bridgehead atoms. The minimum atomic E-state index is 0.748. The van der Waals surface area contributed by atoms with Gasteiger partial charge in [0.2, 0.25) is 0 Å². The van der Waals surface area contributed by atoms with Gasteiger partial charge in [-0.25, -0.2) is 0 Å². The van der Waals surface area contributed by atoms with Crippen molar-refractivity contribution in [3.05, 3.63) is 21.9 Å². The molecule has 0 saturated carbocycles. The van der Waals surface area contributed by atoms with Gasteiger partial charge in [-0.1, -0.05) is 6.92 Å². The van der Waals surface area contributed by atoms with Gasteiger partial charge in [0.1, 0.15) is 0 Å².